The van der Waals surface area contributed by atoms with Gasteiger partial charge in [0, 0.05) is 35.4 Å². The first-order valence-corrected chi connectivity index (χ1v) is 10.7. The van der Waals surface area contributed by atoms with E-state index in [0.717, 1.165) is 5.56 Å². The third-order valence-corrected chi connectivity index (χ3v) is 5.08. The molecule has 1 heterocycles. The molecular weight excluding hydrogens is 451 g/mol. The summed E-state index contributed by atoms with van der Waals surface area (Å²) in [5.41, 5.74) is 2.09. The van der Waals surface area contributed by atoms with Gasteiger partial charge in [-0.1, -0.05) is 40.9 Å². The van der Waals surface area contributed by atoms with Gasteiger partial charge in [-0.05, 0) is 55.8 Å². The number of nitrogens with one attached hydrogen (secondary N) is 2. The maximum absolute atomic E-state index is 12.7. The molecule has 0 unspecified atom stereocenters. The Morgan fingerprint density at radius 3 is 2.50 bits per heavy atom. The number of furan rings is 1. The van der Waals surface area contributed by atoms with Crippen LogP contribution in [0.15, 0.2) is 64.7 Å². The fraction of sp³-hybridized carbons (Fsp3) is 0.167. The lowest BCUT2D eigenvalue weighted by atomic mass is 10.1. The number of hydrogen-bond donors (Lipinski definition) is 3. The molecule has 3 aromatic rings. The minimum Gasteiger partial charge on any atom is -0.457 e. The van der Waals surface area contributed by atoms with Crippen LogP contribution in [-0.2, 0) is 4.79 Å². The van der Waals surface area contributed by atoms with Crippen molar-refractivity contribution in [1.29, 1.82) is 0 Å². The van der Waals surface area contributed by atoms with Crippen molar-refractivity contribution in [3.63, 3.8) is 0 Å². The van der Waals surface area contributed by atoms with E-state index >= 15 is 0 Å². The summed E-state index contributed by atoms with van der Waals surface area (Å²) in [5.74, 6) is -0.0900. The van der Waals surface area contributed by atoms with Crippen LogP contribution in [0.3, 0.4) is 0 Å². The molecule has 6 nitrogen and oxygen atoms in total. The Morgan fingerprint density at radius 1 is 1.06 bits per heavy atom. The number of carbonyl (C=O) groups is 2. The molecule has 2 aromatic carbocycles. The minimum absolute atomic E-state index is 0.0108. The maximum atomic E-state index is 12.7. The molecule has 32 heavy (non-hydrogen) atoms. The lowest BCUT2D eigenvalue weighted by Crippen LogP contribution is -2.35. The molecule has 0 aliphatic heterocycles. The summed E-state index contributed by atoms with van der Waals surface area (Å²) in [4.78, 5) is 25.3. The van der Waals surface area contributed by atoms with Gasteiger partial charge >= 0.3 is 0 Å². The molecule has 0 saturated heterocycles. The van der Waals surface area contributed by atoms with Crippen molar-refractivity contribution < 1.29 is 19.1 Å². The largest absolute Gasteiger partial charge is 0.457 e. The molecule has 166 valence electrons. The summed E-state index contributed by atoms with van der Waals surface area (Å²) in [6, 6.07) is 15.4. The Hall–Kier alpha value is -3.06. The van der Waals surface area contributed by atoms with E-state index in [0.29, 0.717) is 39.1 Å². The smallest absolute Gasteiger partial charge is 0.267 e. The highest BCUT2D eigenvalue weighted by Crippen LogP contribution is 2.31. The lowest BCUT2D eigenvalue weighted by Gasteiger charge is -2.10. The standard InChI is InChI=1S/C24H22Cl2N2O4/c1-15-3-5-16(6-4-15)23(30)28-21(24(31)27-11-2-12-29)14-18-8-10-22(32-18)19-9-7-17(25)13-20(19)26/h3-10,13-14,29H,2,11-12H2,1H3,(H,27,31)(H,28,30)/b21-14+. The molecule has 3 N–H and O–H groups in total. The van der Waals surface area contributed by atoms with Crippen LogP contribution >= 0.6 is 23.2 Å². The van der Waals surface area contributed by atoms with Crippen molar-refractivity contribution >= 4 is 41.1 Å². The zero-order chi connectivity index (χ0) is 23.1. The summed E-state index contributed by atoms with van der Waals surface area (Å²) >= 11 is 12.2. The predicted octanol–water partition coefficient (Wildman–Crippen LogP) is 4.83. The van der Waals surface area contributed by atoms with Gasteiger partial charge in [-0.2, -0.15) is 0 Å². The maximum Gasteiger partial charge on any atom is 0.267 e. The van der Waals surface area contributed by atoms with E-state index < -0.39 is 11.8 Å². The van der Waals surface area contributed by atoms with E-state index in [9.17, 15) is 9.59 Å². The number of aliphatic hydroxyl groups is 1. The summed E-state index contributed by atoms with van der Waals surface area (Å²) < 4.78 is 5.82. The fourth-order valence-corrected chi connectivity index (χ4v) is 3.34. The number of aryl methyl sites for hydroxylation is 1. The van der Waals surface area contributed by atoms with Crippen LogP contribution < -0.4 is 10.6 Å². The van der Waals surface area contributed by atoms with E-state index in [4.69, 9.17) is 32.7 Å². The third kappa shape index (κ3) is 6.23. The summed E-state index contributed by atoms with van der Waals surface area (Å²) in [6.07, 6.45) is 1.83. The number of benzene rings is 2. The van der Waals surface area contributed by atoms with E-state index in [1.807, 2.05) is 19.1 Å². The molecule has 0 spiro atoms. The Morgan fingerprint density at radius 2 is 1.81 bits per heavy atom. The minimum atomic E-state index is -0.499. The topological polar surface area (TPSA) is 91.6 Å². The third-order valence-electron chi connectivity index (χ3n) is 4.54. The summed E-state index contributed by atoms with van der Waals surface area (Å²) in [5, 5.41) is 15.2. The molecule has 0 atom stereocenters. The number of carbonyl (C=O) groups excluding carboxylic acids is 2. The van der Waals surface area contributed by atoms with Crippen LogP contribution in [0.5, 0.6) is 0 Å². The highest BCUT2D eigenvalue weighted by Gasteiger charge is 2.16. The van der Waals surface area contributed by atoms with Crippen LogP contribution in [-0.4, -0.2) is 30.1 Å². The first-order valence-electron chi connectivity index (χ1n) is 9.91. The van der Waals surface area contributed by atoms with Gasteiger partial charge in [-0.25, -0.2) is 0 Å². The number of hydrogen-bond acceptors (Lipinski definition) is 4. The number of aliphatic hydroxyl groups excluding tert-OH is 1. The SMILES string of the molecule is Cc1ccc(C(=O)N/C(=C/c2ccc(-c3ccc(Cl)cc3Cl)o2)C(=O)NCCCO)cc1. The van der Waals surface area contributed by atoms with Crippen molar-refractivity contribution in [1.82, 2.24) is 10.6 Å². The van der Waals surface area contributed by atoms with Gasteiger partial charge in [0.1, 0.15) is 17.2 Å². The van der Waals surface area contributed by atoms with Gasteiger partial charge in [0.2, 0.25) is 0 Å². The molecule has 0 aliphatic rings. The predicted molar refractivity (Wildman–Crippen MR) is 125 cm³/mol. The van der Waals surface area contributed by atoms with Gasteiger partial charge < -0.3 is 20.2 Å². The molecule has 0 saturated carbocycles. The van der Waals surface area contributed by atoms with Gasteiger partial charge in [0.05, 0.1) is 5.02 Å². The first kappa shape index (κ1) is 23.6. The Kier molecular flexibility index (Phi) is 8.11. The second kappa shape index (κ2) is 11.0. The van der Waals surface area contributed by atoms with Crippen LogP contribution in [0.4, 0.5) is 0 Å². The van der Waals surface area contributed by atoms with Crippen LogP contribution in [0.2, 0.25) is 10.0 Å². The highest BCUT2D eigenvalue weighted by atomic mass is 35.5. The fourth-order valence-electron chi connectivity index (χ4n) is 2.84. The van der Waals surface area contributed by atoms with Crippen molar-refractivity contribution in [2.45, 2.75) is 13.3 Å². The van der Waals surface area contributed by atoms with E-state index in [1.54, 1.807) is 42.5 Å². The average Bonchev–Trinajstić information content (AvgIpc) is 3.22. The van der Waals surface area contributed by atoms with Gasteiger partial charge in [0.15, 0.2) is 0 Å². The second-order valence-electron chi connectivity index (χ2n) is 7.04. The van der Waals surface area contributed by atoms with Gasteiger partial charge in [-0.3, -0.25) is 9.59 Å². The molecule has 0 radical (unpaired) electrons. The van der Waals surface area contributed by atoms with E-state index in [1.165, 1.54) is 6.08 Å². The summed E-state index contributed by atoms with van der Waals surface area (Å²) in [6.45, 7) is 2.12. The van der Waals surface area contributed by atoms with E-state index in [-0.39, 0.29) is 18.8 Å². The molecule has 0 fully saturated rings. The molecule has 2 amide bonds. The van der Waals surface area contributed by atoms with E-state index in [2.05, 4.69) is 10.6 Å². The van der Waals surface area contributed by atoms with Crippen molar-refractivity contribution in [2.24, 2.45) is 0 Å². The quantitative estimate of drug-likeness (QED) is 0.323. The Balaban J connectivity index is 1.87. The van der Waals surface area contributed by atoms with Crippen LogP contribution in [0.25, 0.3) is 17.4 Å². The monoisotopic (exact) mass is 472 g/mol. The van der Waals surface area contributed by atoms with Crippen molar-refractivity contribution in [2.75, 3.05) is 13.2 Å². The average molecular weight is 473 g/mol. The molecule has 8 heteroatoms. The highest BCUT2D eigenvalue weighted by molar-refractivity contribution is 6.36. The Labute approximate surface area is 195 Å². The molecular formula is C24H22Cl2N2O4. The molecule has 0 aliphatic carbocycles. The lowest BCUT2D eigenvalue weighted by molar-refractivity contribution is -0.117. The number of amides is 2. The first-order chi connectivity index (χ1) is 15.4. The molecule has 0 bridgehead atoms. The molecule has 1 aromatic heterocycles. The number of halogens is 2. The van der Waals surface area contributed by atoms with Gasteiger partial charge in [0.25, 0.3) is 11.8 Å². The van der Waals surface area contributed by atoms with Crippen molar-refractivity contribution in [3.8, 4) is 11.3 Å². The normalized spacial score (nSPS) is 11.3. The Bertz CT molecular complexity index is 1140. The zero-order valence-electron chi connectivity index (χ0n) is 17.3. The number of rotatable bonds is 8. The summed E-state index contributed by atoms with van der Waals surface area (Å²) in [7, 11) is 0. The van der Waals surface area contributed by atoms with Crippen LogP contribution in [0, 0.1) is 6.92 Å². The molecule has 3 rings (SSSR count). The van der Waals surface area contributed by atoms with Crippen molar-refractivity contribution in [3.05, 3.63) is 87.2 Å². The van der Waals surface area contributed by atoms with Gasteiger partial charge in [-0.15, -0.1) is 0 Å². The second-order valence-corrected chi connectivity index (χ2v) is 7.88. The van der Waals surface area contributed by atoms with Crippen LogP contribution in [0.1, 0.15) is 28.1 Å². The zero-order valence-corrected chi connectivity index (χ0v) is 18.8.